The average molecular weight is 394 g/mol. The topological polar surface area (TPSA) is 53.5 Å². The van der Waals surface area contributed by atoms with Crippen molar-refractivity contribution < 1.29 is 14.2 Å². The van der Waals surface area contributed by atoms with E-state index in [1.165, 1.54) is 0 Å². The molecule has 2 heterocycles. The fourth-order valence-electron chi connectivity index (χ4n) is 3.22. The van der Waals surface area contributed by atoms with Gasteiger partial charge in [-0.05, 0) is 50.4 Å². The van der Waals surface area contributed by atoms with Crippen molar-refractivity contribution in [2.24, 2.45) is 0 Å². The van der Waals surface area contributed by atoms with Crippen LogP contribution in [-0.2, 0) is 6.42 Å². The maximum Gasteiger partial charge on any atom is 0.227 e. The third-order valence-corrected chi connectivity index (χ3v) is 5.20. The van der Waals surface area contributed by atoms with Crippen molar-refractivity contribution in [3.05, 3.63) is 53.6 Å². The van der Waals surface area contributed by atoms with Crippen molar-refractivity contribution in [2.75, 3.05) is 19.5 Å². The number of benzene rings is 2. The maximum atomic E-state index is 6.21. The summed E-state index contributed by atoms with van der Waals surface area (Å²) in [5, 5.41) is 0.932. The first-order valence-corrected chi connectivity index (χ1v) is 10.6. The summed E-state index contributed by atoms with van der Waals surface area (Å²) in [6, 6.07) is 13.8. The molecule has 0 unspecified atom stereocenters. The summed E-state index contributed by atoms with van der Waals surface area (Å²) in [5.41, 5.74) is 3.03. The van der Waals surface area contributed by atoms with Crippen LogP contribution in [0, 0.1) is 0 Å². The number of rotatable bonds is 6. The van der Waals surface area contributed by atoms with Crippen molar-refractivity contribution in [3.8, 4) is 34.5 Å². The first kappa shape index (κ1) is 18.6. The first-order valence-electron chi connectivity index (χ1n) is 9.34. The van der Waals surface area contributed by atoms with E-state index in [-0.39, 0.29) is 0 Å². The Balaban J connectivity index is 1.74. The molecule has 0 aliphatic carbocycles. The van der Waals surface area contributed by atoms with Crippen LogP contribution in [0.2, 0.25) is 0 Å². The van der Waals surface area contributed by atoms with Crippen LogP contribution in [-0.4, -0.2) is 29.4 Å². The van der Waals surface area contributed by atoms with E-state index in [0.717, 1.165) is 45.4 Å². The number of thioether (sulfide) groups is 1. The monoisotopic (exact) mass is 394 g/mol. The van der Waals surface area contributed by atoms with Crippen molar-refractivity contribution in [2.45, 2.75) is 25.3 Å². The third kappa shape index (κ3) is 3.52. The summed E-state index contributed by atoms with van der Waals surface area (Å²) in [7, 11) is 0. The molecule has 28 heavy (non-hydrogen) atoms. The van der Waals surface area contributed by atoms with Gasteiger partial charge in [0.25, 0.3) is 0 Å². The van der Waals surface area contributed by atoms with E-state index in [1.54, 1.807) is 11.8 Å². The van der Waals surface area contributed by atoms with Crippen LogP contribution in [0.5, 0.6) is 23.1 Å². The van der Waals surface area contributed by atoms with Gasteiger partial charge in [0.05, 0.1) is 18.8 Å². The van der Waals surface area contributed by atoms with Crippen LogP contribution in [0.25, 0.3) is 11.4 Å². The van der Waals surface area contributed by atoms with Gasteiger partial charge in [-0.1, -0.05) is 12.1 Å². The molecule has 1 aliphatic heterocycles. The molecule has 5 nitrogen and oxygen atoms in total. The molecule has 4 rings (SSSR count). The molecule has 1 aromatic heterocycles. The van der Waals surface area contributed by atoms with Crippen molar-refractivity contribution in [1.29, 1.82) is 0 Å². The number of para-hydroxylation sites is 1. The van der Waals surface area contributed by atoms with Crippen LogP contribution in [0.3, 0.4) is 0 Å². The molecule has 0 bridgehead atoms. The molecule has 3 aromatic rings. The summed E-state index contributed by atoms with van der Waals surface area (Å²) in [4.78, 5) is 9.51. The summed E-state index contributed by atoms with van der Waals surface area (Å²) in [6.07, 6.45) is 2.75. The van der Waals surface area contributed by atoms with E-state index < -0.39 is 0 Å². The number of fused-ring (bicyclic) bond motifs is 2. The molecule has 0 radical (unpaired) electrons. The zero-order valence-corrected chi connectivity index (χ0v) is 17.0. The predicted octanol–water partition coefficient (Wildman–Crippen LogP) is 5.36. The van der Waals surface area contributed by atoms with Gasteiger partial charge >= 0.3 is 0 Å². The second-order valence-corrected chi connectivity index (χ2v) is 7.05. The lowest BCUT2D eigenvalue weighted by atomic mass is 10.0. The lowest BCUT2D eigenvalue weighted by Gasteiger charge is -2.23. The van der Waals surface area contributed by atoms with Crippen LogP contribution in [0.4, 0.5) is 0 Å². The predicted molar refractivity (Wildman–Crippen MR) is 111 cm³/mol. The minimum Gasteiger partial charge on any atom is -0.494 e. The van der Waals surface area contributed by atoms with E-state index in [2.05, 4.69) is 6.07 Å². The van der Waals surface area contributed by atoms with Crippen LogP contribution in [0.15, 0.2) is 47.5 Å². The van der Waals surface area contributed by atoms with Gasteiger partial charge in [0.2, 0.25) is 5.88 Å². The SMILES string of the molecule is CCOc1ccc(-c2nc3c(c(SC)n2)Cc2cccc(OCC)c2O3)cc1. The van der Waals surface area contributed by atoms with E-state index in [1.807, 2.05) is 56.5 Å². The quantitative estimate of drug-likeness (QED) is 0.324. The molecule has 0 amide bonds. The Kier molecular flexibility index (Phi) is 5.39. The van der Waals surface area contributed by atoms with Gasteiger partial charge in [0.1, 0.15) is 10.8 Å². The number of aromatic nitrogens is 2. The summed E-state index contributed by atoms with van der Waals surface area (Å²) < 4.78 is 17.5. The normalized spacial score (nSPS) is 12.0. The molecule has 1 aliphatic rings. The fourth-order valence-corrected chi connectivity index (χ4v) is 3.80. The number of ether oxygens (including phenoxy) is 3. The first-order chi connectivity index (χ1) is 13.7. The summed E-state index contributed by atoms with van der Waals surface area (Å²) >= 11 is 1.61. The molecule has 0 saturated carbocycles. The van der Waals surface area contributed by atoms with E-state index in [0.29, 0.717) is 24.9 Å². The minimum atomic E-state index is 0.587. The smallest absolute Gasteiger partial charge is 0.227 e. The van der Waals surface area contributed by atoms with E-state index in [9.17, 15) is 0 Å². The molecule has 6 heteroatoms. The Bertz CT molecular complexity index is 990. The van der Waals surface area contributed by atoms with Crippen LogP contribution >= 0.6 is 11.8 Å². The largest absolute Gasteiger partial charge is 0.494 e. The van der Waals surface area contributed by atoms with Gasteiger partial charge in [-0.15, -0.1) is 11.8 Å². The Morgan fingerprint density at radius 1 is 1.00 bits per heavy atom. The van der Waals surface area contributed by atoms with E-state index >= 15 is 0 Å². The van der Waals surface area contributed by atoms with Crippen molar-refractivity contribution in [1.82, 2.24) is 9.97 Å². The van der Waals surface area contributed by atoms with Gasteiger partial charge in [-0.25, -0.2) is 4.98 Å². The van der Waals surface area contributed by atoms with E-state index in [4.69, 9.17) is 24.2 Å². The Morgan fingerprint density at radius 3 is 2.50 bits per heavy atom. The Morgan fingerprint density at radius 2 is 1.79 bits per heavy atom. The molecule has 0 N–H and O–H groups in total. The molecular weight excluding hydrogens is 372 g/mol. The lowest BCUT2D eigenvalue weighted by molar-refractivity contribution is 0.315. The number of nitrogens with zero attached hydrogens (tertiary/aromatic N) is 2. The Labute approximate surface area is 169 Å². The standard InChI is InChI=1S/C22H22N2O3S/c1-4-25-16-11-9-14(10-12-16)20-23-21-17(22(24-20)28-3)13-15-7-6-8-18(26-5-2)19(15)27-21/h6-12H,4-5,13H2,1-3H3. The lowest BCUT2D eigenvalue weighted by Crippen LogP contribution is -2.10. The highest BCUT2D eigenvalue weighted by atomic mass is 32.2. The summed E-state index contributed by atoms with van der Waals surface area (Å²) in [5.74, 6) is 3.57. The van der Waals surface area contributed by atoms with Gasteiger partial charge in [-0.3, -0.25) is 0 Å². The second-order valence-electron chi connectivity index (χ2n) is 6.25. The summed E-state index contributed by atoms with van der Waals surface area (Å²) in [6.45, 7) is 5.16. The van der Waals surface area contributed by atoms with Crippen molar-refractivity contribution in [3.63, 3.8) is 0 Å². The molecule has 0 fully saturated rings. The van der Waals surface area contributed by atoms with Gasteiger partial charge in [-0.2, -0.15) is 4.98 Å². The molecular formula is C22H22N2O3S. The molecule has 0 atom stereocenters. The average Bonchev–Trinajstić information content (AvgIpc) is 2.73. The minimum absolute atomic E-state index is 0.587. The van der Waals surface area contributed by atoms with Gasteiger partial charge in [0, 0.05) is 17.5 Å². The maximum absolute atomic E-state index is 6.21. The van der Waals surface area contributed by atoms with Crippen LogP contribution < -0.4 is 14.2 Å². The second kappa shape index (κ2) is 8.10. The molecule has 0 saturated heterocycles. The highest BCUT2D eigenvalue weighted by molar-refractivity contribution is 7.98. The fraction of sp³-hybridized carbons (Fsp3) is 0.273. The molecule has 144 valence electrons. The highest BCUT2D eigenvalue weighted by Gasteiger charge is 2.26. The van der Waals surface area contributed by atoms with Gasteiger partial charge < -0.3 is 14.2 Å². The zero-order valence-electron chi connectivity index (χ0n) is 16.2. The molecule has 0 spiro atoms. The van der Waals surface area contributed by atoms with Crippen molar-refractivity contribution >= 4 is 11.8 Å². The highest BCUT2D eigenvalue weighted by Crippen LogP contribution is 2.44. The van der Waals surface area contributed by atoms with Gasteiger partial charge in [0.15, 0.2) is 17.3 Å². The Hall–Kier alpha value is -2.73. The molecule has 2 aromatic carbocycles. The number of hydrogen-bond donors (Lipinski definition) is 0. The van der Waals surface area contributed by atoms with Crippen LogP contribution in [0.1, 0.15) is 25.0 Å². The zero-order chi connectivity index (χ0) is 19.5. The third-order valence-electron chi connectivity index (χ3n) is 4.47. The number of hydrogen-bond acceptors (Lipinski definition) is 6.